The first-order valence-corrected chi connectivity index (χ1v) is 10.1. The summed E-state index contributed by atoms with van der Waals surface area (Å²) < 4.78 is 2.07. The van der Waals surface area contributed by atoms with Crippen LogP contribution in [0.3, 0.4) is 0 Å². The summed E-state index contributed by atoms with van der Waals surface area (Å²) in [5.74, 6) is 1.31. The van der Waals surface area contributed by atoms with Crippen LogP contribution in [0, 0.1) is 6.92 Å². The lowest BCUT2D eigenvalue weighted by atomic mass is 9.91. The first kappa shape index (κ1) is 18.7. The SMILES string of the molecule is Cc1cccc(Nc2nc(N[C@H]3CCCC[C@@H]3N)nc3c2ncn3C(C)C)c1. The highest BCUT2D eigenvalue weighted by Gasteiger charge is 2.23. The second-order valence-corrected chi connectivity index (χ2v) is 8.01. The largest absolute Gasteiger partial charge is 0.350 e. The molecule has 0 amide bonds. The zero-order valence-corrected chi connectivity index (χ0v) is 16.8. The topological polar surface area (TPSA) is 93.7 Å². The number of nitrogens with two attached hydrogens (primary N) is 1. The summed E-state index contributed by atoms with van der Waals surface area (Å²) >= 11 is 0. The first-order valence-electron chi connectivity index (χ1n) is 10.1. The third-order valence-electron chi connectivity index (χ3n) is 5.39. The van der Waals surface area contributed by atoms with Gasteiger partial charge in [-0.05, 0) is 51.3 Å². The molecule has 28 heavy (non-hydrogen) atoms. The molecule has 3 aromatic rings. The Morgan fingerprint density at radius 3 is 2.75 bits per heavy atom. The Balaban J connectivity index is 1.74. The molecular weight excluding hydrogens is 350 g/mol. The Kier molecular flexibility index (Phi) is 5.17. The maximum absolute atomic E-state index is 6.32. The Morgan fingerprint density at radius 1 is 1.18 bits per heavy atom. The second-order valence-electron chi connectivity index (χ2n) is 8.01. The number of rotatable bonds is 5. The molecule has 7 nitrogen and oxygen atoms in total. The van der Waals surface area contributed by atoms with Gasteiger partial charge in [0.05, 0.1) is 6.33 Å². The molecule has 0 aliphatic heterocycles. The smallest absolute Gasteiger partial charge is 0.227 e. The van der Waals surface area contributed by atoms with Crippen molar-refractivity contribution in [3.8, 4) is 0 Å². The number of hydrogen-bond acceptors (Lipinski definition) is 6. The number of hydrogen-bond donors (Lipinski definition) is 3. The third kappa shape index (κ3) is 3.80. The number of anilines is 3. The van der Waals surface area contributed by atoms with Crippen molar-refractivity contribution in [2.24, 2.45) is 5.73 Å². The maximum Gasteiger partial charge on any atom is 0.227 e. The van der Waals surface area contributed by atoms with Crippen LogP contribution in [0.2, 0.25) is 0 Å². The minimum atomic E-state index is 0.135. The van der Waals surface area contributed by atoms with E-state index in [4.69, 9.17) is 15.7 Å². The van der Waals surface area contributed by atoms with E-state index in [1.807, 2.05) is 18.5 Å². The molecule has 0 radical (unpaired) electrons. The van der Waals surface area contributed by atoms with Crippen molar-refractivity contribution in [2.75, 3.05) is 10.6 Å². The van der Waals surface area contributed by atoms with Crippen LogP contribution in [-0.2, 0) is 0 Å². The molecule has 4 N–H and O–H groups in total. The number of benzene rings is 1. The molecule has 2 atom stereocenters. The molecule has 7 heteroatoms. The highest BCUT2D eigenvalue weighted by molar-refractivity contribution is 5.86. The van der Waals surface area contributed by atoms with E-state index in [0.717, 1.165) is 29.7 Å². The maximum atomic E-state index is 6.32. The Hall–Kier alpha value is -2.67. The van der Waals surface area contributed by atoms with E-state index in [-0.39, 0.29) is 18.1 Å². The Labute approximate surface area is 165 Å². The van der Waals surface area contributed by atoms with E-state index in [0.29, 0.717) is 11.8 Å². The highest BCUT2D eigenvalue weighted by atomic mass is 15.2. The fraction of sp³-hybridized carbons (Fsp3) is 0.476. The lowest BCUT2D eigenvalue weighted by Crippen LogP contribution is -2.43. The quantitative estimate of drug-likeness (QED) is 0.617. The summed E-state index contributed by atoms with van der Waals surface area (Å²) in [6, 6.07) is 8.83. The van der Waals surface area contributed by atoms with Crippen LogP contribution < -0.4 is 16.4 Å². The van der Waals surface area contributed by atoms with Gasteiger partial charge in [0.15, 0.2) is 17.0 Å². The van der Waals surface area contributed by atoms with Crippen molar-refractivity contribution in [3.63, 3.8) is 0 Å². The minimum absolute atomic E-state index is 0.135. The van der Waals surface area contributed by atoms with Crippen LogP contribution in [0.25, 0.3) is 11.2 Å². The Bertz CT molecular complexity index is 963. The Morgan fingerprint density at radius 2 is 2.00 bits per heavy atom. The molecule has 0 bridgehead atoms. The van der Waals surface area contributed by atoms with Crippen LogP contribution in [0.5, 0.6) is 0 Å². The third-order valence-corrected chi connectivity index (χ3v) is 5.39. The van der Waals surface area contributed by atoms with E-state index >= 15 is 0 Å². The number of nitrogens with one attached hydrogen (secondary N) is 2. The van der Waals surface area contributed by atoms with Gasteiger partial charge in [-0.2, -0.15) is 9.97 Å². The number of fused-ring (bicyclic) bond motifs is 1. The standard InChI is InChI=1S/C21H29N7/c1-13(2)28-12-23-18-19(24-15-8-6-7-14(3)11-15)26-21(27-20(18)28)25-17-10-5-4-9-16(17)22/h6-8,11-13,16-17H,4-5,9-10,22H2,1-3H3,(H2,24,25,26,27)/t16-,17-/m0/s1. The molecule has 1 aliphatic rings. The van der Waals surface area contributed by atoms with Gasteiger partial charge in [-0.3, -0.25) is 0 Å². The zero-order chi connectivity index (χ0) is 19.7. The van der Waals surface area contributed by atoms with Gasteiger partial charge in [-0.1, -0.05) is 25.0 Å². The van der Waals surface area contributed by atoms with Gasteiger partial charge in [0, 0.05) is 23.8 Å². The number of aromatic nitrogens is 4. The van der Waals surface area contributed by atoms with E-state index in [1.54, 1.807) is 0 Å². The van der Waals surface area contributed by atoms with Crippen LogP contribution in [0.15, 0.2) is 30.6 Å². The molecule has 0 unspecified atom stereocenters. The molecule has 0 saturated heterocycles. The van der Waals surface area contributed by atoms with Gasteiger partial charge in [0.1, 0.15) is 0 Å². The van der Waals surface area contributed by atoms with Gasteiger partial charge in [0.25, 0.3) is 0 Å². The average Bonchev–Trinajstić information content (AvgIpc) is 3.08. The monoisotopic (exact) mass is 379 g/mol. The molecule has 1 aliphatic carbocycles. The highest BCUT2D eigenvalue weighted by Crippen LogP contribution is 2.27. The number of aryl methyl sites for hydroxylation is 1. The molecule has 1 saturated carbocycles. The van der Waals surface area contributed by atoms with Gasteiger partial charge in [-0.15, -0.1) is 0 Å². The normalized spacial score (nSPS) is 19.9. The molecule has 4 rings (SSSR count). The van der Waals surface area contributed by atoms with Crippen molar-refractivity contribution < 1.29 is 0 Å². The molecule has 1 aromatic carbocycles. The van der Waals surface area contributed by atoms with Crippen molar-refractivity contribution in [1.82, 2.24) is 19.5 Å². The van der Waals surface area contributed by atoms with Crippen LogP contribution in [0.4, 0.5) is 17.5 Å². The van der Waals surface area contributed by atoms with Crippen LogP contribution in [0.1, 0.15) is 51.1 Å². The van der Waals surface area contributed by atoms with Crippen LogP contribution in [-0.4, -0.2) is 31.6 Å². The lowest BCUT2D eigenvalue weighted by Gasteiger charge is -2.29. The van der Waals surface area contributed by atoms with Gasteiger partial charge in [-0.25, -0.2) is 4.98 Å². The molecular formula is C21H29N7. The zero-order valence-electron chi connectivity index (χ0n) is 16.8. The summed E-state index contributed by atoms with van der Waals surface area (Å²) in [5, 5.41) is 6.92. The van der Waals surface area contributed by atoms with Crippen molar-refractivity contribution in [1.29, 1.82) is 0 Å². The summed E-state index contributed by atoms with van der Waals surface area (Å²) in [4.78, 5) is 14.1. The minimum Gasteiger partial charge on any atom is -0.350 e. The molecule has 2 aromatic heterocycles. The van der Waals surface area contributed by atoms with Crippen molar-refractivity contribution in [2.45, 2.75) is 64.6 Å². The lowest BCUT2D eigenvalue weighted by molar-refractivity contribution is 0.402. The number of nitrogens with zero attached hydrogens (tertiary/aromatic N) is 4. The summed E-state index contributed by atoms with van der Waals surface area (Å²) in [5.41, 5.74) is 10.1. The van der Waals surface area contributed by atoms with Gasteiger partial charge in [0.2, 0.25) is 5.95 Å². The summed E-state index contributed by atoms with van der Waals surface area (Å²) in [6.45, 7) is 6.33. The summed E-state index contributed by atoms with van der Waals surface area (Å²) in [6.07, 6.45) is 6.30. The fourth-order valence-corrected chi connectivity index (χ4v) is 3.81. The van der Waals surface area contributed by atoms with Crippen molar-refractivity contribution in [3.05, 3.63) is 36.2 Å². The predicted octanol–water partition coefficient (Wildman–Crippen LogP) is 4.14. The van der Waals surface area contributed by atoms with E-state index in [1.165, 1.54) is 18.4 Å². The van der Waals surface area contributed by atoms with E-state index < -0.39 is 0 Å². The average molecular weight is 380 g/mol. The van der Waals surface area contributed by atoms with Gasteiger partial charge >= 0.3 is 0 Å². The molecule has 2 heterocycles. The van der Waals surface area contributed by atoms with Gasteiger partial charge < -0.3 is 20.9 Å². The first-order chi connectivity index (χ1) is 13.5. The van der Waals surface area contributed by atoms with E-state index in [9.17, 15) is 0 Å². The molecule has 148 valence electrons. The summed E-state index contributed by atoms with van der Waals surface area (Å²) in [7, 11) is 0. The molecule has 0 spiro atoms. The number of imidazole rings is 1. The molecule has 1 fully saturated rings. The second kappa shape index (κ2) is 7.75. The van der Waals surface area contributed by atoms with Crippen molar-refractivity contribution >= 4 is 28.6 Å². The fourth-order valence-electron chi connectivity index (χ4n) is 3.81. The van der Waals surface area contributed by atoms with Crippen LogP contribution >= 0.6 is 0 Å². The van der Waals surface area contributed by atoms with E-state index in [2.05, 4.69) is 53.1 Å². The predicted molar refractivity (Wildman–Crippen MR) is 114 cm³/mol.